The maximum atomic E-state index is 13.2. The van der Waals surface area contributed by atoms with Gasteiger partial charge < -0.3 is 19.0 Å². The number of amides is 2. The van der Waals surface area contributed by atoms with Gasteiger partial charge in [-0.1, -0.05) is 46.9 Å². The van der Waals surface area contributed by atoms with Crippen LogP contribution in [-0.2, 0) is 16.0 Å². The number of hydrogen-bond donors (Lipinski definition) is 2. The van der Waals surface area contributed by atoms with E-state index >= 15 is 0 Å². The number of anilines is 2. The van der Waals surface area contributed by atoms with Crippen molar-refractivity contribution in [3.05, 3.63) is 119 Å². The van der Waals surface area contributed by atoms with Gasteiger partial charge in [0.25, 0.3) is 0 Å². The van der Waals surface area contributed by atoms with Crippen LogP contribution in [0.2, 0.25) is 0 Å². The molecule has 4 aromatic heterocycles. The highest BCUT2D eigenvalue weighted by atomic mass is 32.2. The molecule has 0 radical (unpaired) electrons. The zero-order valence-corrected chi connectivity index (χ0v) is 33.5. The van der Waals surface area contributed by atoms with Gasteiger partial charge in [-0.3, -0.25) is 19.4 Å². The van der Waals surface area contributed by atoms with Crippen LogP contribution in [0.4, 0.5) is 10.3 Å². The van der Waals surface area contributed by atoms with E-state index in [-0.39, 0.29) is 34.1 Å². The van der Waals surface area contributed by atoms with Crippen molar-refractivity contribution in [2.75, 3.05) is 21.3 Å². The Morgan fingerprint density at radius 3 is 1.47 bits per heavy atom. The lowest BCUT2D eigenvalue weighted by Crippen LogP contribution is -2.27. The van der Waals surface area contributed by atoms with E-state index in [0.29, 0.717) is 49.4 Å². The highest BCUT2D eigenvalue weighted by molar-refractivity contribution is 8.01. The number of aromatic nitrogens is 4. The number of benzene rings is 4. The first kappa shape index (κ1) is 35.7. The van der Waals surface area contributed by atoms with E-state index in [1.165, 1.54) is 46.2 Å². The number of aromatic hydroxyl groups is 2. The van der Waals surface area contributed by atoms with Crippen LogP contribution in [-0.4, -0.2) is 53.9 Å². The second-order valence-corrected chi connectivity index (χ2v) is 17.9. The first-order valence-electron chi connectivity index (χ1n) is 17.8. The highest BCUT2D eigenvalue weighted by Gasteiger charge is 2.38. The van der Waals surface area contributed by atoms with Gasteiger partial charge in [-0.05, 0) is 102 Å². The van der Waals surface area contributed by atoms with E-state index in [1.54, 1.807) is 46.6 Å². The molecule has 2 fully saturated rings. The molecular weight excluding hydrogens is 801 g/mol. The molecule has 2 atom stereocenters. The van der Waals surface area contributed by atoms with Gasteiger partial charge in [0.2, 0.25) is 22.1 Å². The molecule has 0 spiro atoms. The van der Waals surface area contributed by atoms with Gasteiger partial charge in [-0.15, -0.1) is 43.9 Å². The molecule has 284 valence electrons. The molecule has 6 heterocycles. The zero-order chi connectivity index (χ0) is 38.9. The minimum atomic E-state index is -0.286. The second-order valence-electron chi connectivity index (χ2n) is 13.9. The summed E-state index contributed by atoms with van der Waals surface area (Å²) in [6, 6.07) is 22.2. The largest absolute Gasteiger partial charge is 0.508 e. The van der Waals surface area contributed by atoms with Gasteiger partial charge in [-0.25, -0.2) is 0 Å². The van der Waals surface area contributed by atoms with Crippen LogP contribution in [0.15, 0.2) is 94.2 Å². The average Bonchev–Trinajstić information content (AvgIpc) is 4.08. The molecule has 0 saturated carbocycles. The lowest BCUT2D eigenvalue weighted by Gasteiger charge is -2.20. The summed E-state index contributed by atoms with van der Waals surface area (Å²) in [5, 5.41) is 41.4. The van der Waals surface area contributed by atoms with E-state index in [2.05, 4.69) is 44.7 Å². The Bertz CT molecular complexity index is 2670. The molecule has 0 aliphatic carbocycles. The van der Waals surface area contributed by atoms with Crippen molar-refractivity contribution in [3.63, 3.8) is 0 Å². The molecule has 2 N–H and O–H groups in total. The van der Waals surface area contributed by atoms with Crippen LogP contribution in [0.1, 0.15) is 44.1 Å². The molecule has 2 unspecified atom stereocenters. The standard InChI is InChI=1S/C41H30N6O6S4/c1-20-16-52-34-28(20)12-22(14-30(34)36-42-44-40(56-36)46-32(50)18-54-38(46)24-3-7-26(48)8-4-24)11-23-13-29-21(2)17-53-35(29)31(15-23)37-43-45-41(57-37)47-33(51)19-55-39(47)25-5-9-27(49)10-6-25/h3-10,12-17,38-39,48-49H,11,18-19H2,1-2H3. The molecule has 0 bridgehead atoms. The summed E-state index contributed by atoms with van der Waals surface area (Å²) in [4.78, 5) is 29.7. The molecule has 8 aromatic rings. The van der Waals surface area contributed by atoms with Crippen molar-refractivity contribution in [2.24, 2.45) is 0 Å². The number of phenols is 2. The van der Waals surface area contributed by atoms with Crippen LogP contribution in [0.5, 0.6) is 11.5 Å². The molecule has 4 aromatic carbocycles. The zero-order valence-electron chi connectivity index (χ0n) is 30.2. The summed E-state index contributed by atoms with van der Waals surface area (Å²) < 4.78 is 12.2. The van der Waals surface area contributed by atoms with Gasteiger partial charge in [-0.2, -0.15) is 0 Å². The number of fused-ring (bicyclic) bond motifs is 2. The van der Waals surface area contributed by atoms with Crippen LogP contribution in [0, 0.1) is 13.8 Å². The van der Waals surface area contributed by atoms with Crippen molar-refractivity contribution < 1.29 is 28.6 Å². The first-order valence-corrected chi connectivity index (χ1v) is 21.6. The Morgan fingerprint density at radius 1 is 0.632 bits per heavy atom. The first-order chi connectivity index (χ1) is 27.7. The third-order valence-corrected chi connectivity index (χ3v) is 14.4. The second kappa shape index (κ2) is 14.1. The fourth-order valence-corrected chi connectivity index (χ4v) is 11.5. The molecule has 2 aliphatic rings. The van der Waals surface area contributed by atoms with E-state index in [9.17, 15) is 19.8 Å². The predicted octanol–water partition coefficient (Wildman–Crippen LogP) is 9.39. The monoisotopic (exact) mass is 830 g/mol. The molecule has 57 heavy (non-hydrogen) atoms. The number of nitrogens with zero attached hydrogens (tertiary/aromatic N) is 6. The van der Waals surface area contributed by atoms with Gasteiger partial charge in [0, 0.05) is 10.8 Å². The highest BCUT2D eigenvalue weighted by Crippen LogP contribution is 2.47. The SMILES string of the molecule is Cc1coc2c(-c3nnc(N4C(=O)CSC4c4ccc(O)cc4)s3)cc(Cc3cc(-c4nnc(N5C(=O)CSC5c5ccc(O)cc5)s4)c4occ(C)c4c3)cc12. The average molecular weight is 831 g/mol. The van der Waals surface area contributed by atoms with E-state index < -0.39 is 0 Å². The van der Waals surface area contributed by atoms with Gasteiger partial charge >= 0.3 is 0 Å². The number of phenolic OH excluding ortho intramolecular Hbond substituents is 2. The van der Waals surface area contributed by atoms with Crippen molar-refractivity contribution >= 4 is 90.2 Å². The number of furan rings is 2. The molecule has 16 heteroatoms. The minimum Gasteiger partial charge on any atom is -0.508 e. The van der Waals surface area contributed by atoms with Crippen molar-refractivity contribution in [3.8, 4) is 32.6 Å². The summed E-state index contributed by atoms with van der Waals surface area (Å²) in [5.41, 5.74) is 8.75. The molecule has 2 saturated heterocycles. The fraction of sp³-hybridized carbons (Fsp3) is 0.171. The predicted molar refractivity (Wildman–Crippen MR) is 224 cm³/mol. The van der Waals surface area contributed by atoms with Gasteiger partial charge in [0.1, 0.15) is 33.4 Å². The smallest absolute Gasteiger partial charge is 0.240 e. The Kier molecular flexibility index (Phi) is 8.81. The Labute approximate surface area is 341 Å². The summed E-state index contributed by atoms with van der Waals surface area (Å²) in [6.45, 7) is 4.02. The molecular formula is C41H30N6O6S4. The van der Waals surface area contributed by atoms with Crippen LogP contribution < -0.4 is 9.80 Å². The quantitative estimate of drug-likeness (QED) is 0.150. The summed E-state index contributed by atoms with van der Waals surface area (Å²) >= 11 is 5.70. The molecule has 10 rings (SSSR count). The molecule has 2 aliphatic heterocycles. The number of carbonyl (C=O) groups is 2. The van der Waals surface area contributed by atoms with Crippen molar-refractivity contribution in [2.45, 2.75) is 31.0 Å². The van der Waals surface area contributed by atoms with E-state index in [4.69, 9.17) is 8.83 Å². The minimum absolute atomic E-state index is 0.0557. The van der Waals surface area contributed by atoms with Crippen LogP contribution in [0.3, 0.4) is 0 Å². The van der Waals surface area contributed by atoms with Gasteiger partial charge in [0.15, 0.2) is 10.0 Å². The summed E-state index contributed by atoms with van der Waals surface area (Å²) in [6.07, 6.45) is 4.04. The molecule has 12 nitrogen and oxygen atoms in total. The van der Waals surface area contributed by atoms with Crippen molar-refractivity contribution in [1.82, 2.24) is 20.4 Å². The lowest BCUT2D eigenvalue weighted by molar-refractivity contribution is -0.116. The number of aryl methyl sites for hydroxylation is 2. The fourth-order valence-electron chi connectivity index (χ4n) is 7.27. The maximum Gasteiger partial charge on any atom is 0.240 e. The normalized spacial score (nSPS) is 17.2. The third kappa shape index (κ3) is 6.32. The molecule has 2 amide bonds. The van der Waals surface area contributed by atoms with Crippen LogP contribution >= 0.6 is 46.2 Å². The Balaban J connectivity index is 0.995. The third-order valence-electron chi connectivity index (χ3n) is 10.1. The van der Waals surface area contributed by atoms with E-state index in [0.717, 1.165) is 55.3 Å². The number of rotatable bonds is 8. The summed E-state index contributed by atoms with van der Waals surface area (Å²) in [7, 11) is 0. The van der Waals surface area contributed by atoms with E-state index in [1.807, 2.05) is 38.1 Å². The summed E-state index contributed by atoms with van der Waals surface area (Å²) in [5.74, 6) is 0.842. The Hall–Kier alpha value is -5.68. The lowest BCUT2D eigenvalue weighted by atomic mass is 9.97. The topological polar surface area (TPSA) is 159 Å². The Morgan fingerprint density at radius 2 is 1.05 bits per heavy atom. The van der Waals surface area contributed by atoms with Crippen LogP contribution in [0.25, 0.3) is 43.1 Å². The van der Waals surface area contributed by atoms with Crippen molar-refractivity contribution in [1.29, 1.82) is 0 Å². The number of thioether (sulfide) groups is 2. The maximum absolute atomic E-state index is 13.2. The van der Waals surface area contributed by atoms with Gasteiger partial charge in [0.05, 0.1) is 35.2 Å². The number of hydrogen-bond acceptors (Lipinski definition) is 14. The number of carbonyl (C=O) groups excluding carboxylic acids is 2.